The second-order valence-electron chi connectivity index (χ2n) is 5.94. The molecule has 1 saturated heterocycles. The molecule has 1 aliphatic rings. The number of aryl methyl sites for hydroxylation is 2. The summed E-state index contributed by atoms with van der Waals surface area (Å²) in [5.41, 5.74) is 2.00. The molecule has 0 N–H and O–H groups in total. The quantitative estimate of drug-likeness (QED) is 0.871. The zero-order valence-corrected chi connectivity index (χ0v) is 13.5. The van der Waals surface area contributed by atoms with Crippen molar-refractivity contribution in [3.05, 3.63) is 42.0 Å². The van der Waals surface area contributed by atoms with Crippen molar-refractivity contribution in [2.24, 2.45) is 0 Å². The van der Waals surface area contributed by atoms with E-state index in [1.807, 2.05) is 38.4 Å². The van der Waals surface area contributed by atoms with E-state index in [2.05, 4.69) is 37.9 Å². The Labute approximate surface area is 132 Å². The highest BCUT2D eigenvalue weighted by atomic mass is 15.2. The van der Waals surface area contributed by atoms with Crippen LogP contribution in [0.15, 0.2) is 30.6 Å². The summed E-state index contributed by atoms with van der Waals surface area (Å²) in [7, 11) is 2.14. The Morgan fingerprint density at radius 2 is 1.91 bits per heavy atom. The minimum Gasteiger partial charge on any atom is -0.357 e. The Bertz CT molecular complexity index is 620. The highest BCUT2D eigenvalue weighted by Gasteiger charge is 2.24. The molecule has 5 nitrogen and oxygen atoms in total. The first-order valence-electron chi connectivity index (χ1n) is 7.84. The number of rotatable bonds is 3. The zero-order valence-electron chi connectivity index (χ0n) is 13.5. The molecule has 5 heteroatoms. The van der Waals surface area contributed by atoms with Gasteiger partial charge in [-0.25, -0.2) is 9.97 Å². The Morgan fingerprint density at radius 3 is 2.59 bits per heavy atom. The summed E-state index contributed by atoms with van der Waals surface area (Å²) in [5, 5.41) is 0. The Hall–Kier alpha value is -2.17. The van der Waals surface area contributed by atoms with Gasteiger partial charge in [0.05, 0.1) is 11.4 Å². The summed E-state index contributed by atoms with van der Waals surface area (Å²) >= 11 is 0. The van der Waals surface area contributed by atoms with Crippen molar-refractivity contribution in [2.45, 2.75) is 32.7 Å². The fraction of sp³-hybridized carbons (Fsp3) is 0.471. The van der Waals surface area contributed by atoms with Gasteiger partial charge in [-0.1, -0.05) is 6.07 Å². The lowest BCUT2D eigenvalue weighted by molar-refractivity contribution is 0.477. The fourth-order valence-electron chi connectivity index (χ4n) is 3.04. The van der Waals surface area contributed by atoms with Crippen LogP contribution in [-0.2, 0) is 0 Å². The van der Waals surface area contributed by atoms with Crippen molar-refractivity contribution in [3.63, 3.8) is 0 Å². The summed E-state index contributed by atoms with van der Waals surface area (Å²) in [4.78, 5) is 18.2. The molecule has 0 atom stereocenters. The first-order valence-corrected chi connectivity index (χ1v) is 7.84. The number of anilines is 2. The van der Waals surface area contributed by atoms with Crippen LogP contribution >= 0.6 is 0 Å². The summed E-state index contributed by atoms with van der Waals surface area (Å²) in [6.07, 6.45) is 5.91. The fourth-order valence-corrected chi connectivity index (χ4v) is 3.04. The number of hydrogen-bond donors (Lipinski definition) is 0. The maximum absolute atomic E-state index is 4.66. The standard InChI is InChI=1S/C17H23N5/c1-13-12-19-14(2)17(20-13)22-10-7-15(8-11-22)21(3)16-6-4-5-9-18-16/h4-6,9,12,15H,7-8,10-11H2,1-3H3. The van der Waals surface area contributed by atoms with Gasteiger partial charge in [-0.05, 0) is 38.8 Å². The molecular formula is C17H23N5. The second kappa shape index (κ2) is 6.30. The van der Waals surface area contributed by atoms with Gasteiger partial charge < -0.3 is 9.80 Å². The number of aromatic nitrogens is 3. The third-order valence-corrected chi connectivity index (χ3v) is 4.37. The molecule has 0 aromatic carbocycles. The second-order valence-corrected chi connectivity index (χ2v) is 5.94. The predicted octanol–water partition coefficient (Wildman–Crippen LogP) is 2.59. The molecule has 0 radical (unpaired) electrons. The Balaban J connectivity index is 1.66. The highest BCUT2D eigenvalue weighted by Crippen LogP contribution is 2.24. The summed E-state index contributed by atoms with van der Waals surface area (Å²) in [6, 6.07) is 6.60. The van der Waals surface area contributed by atoms with E-state index in [-0.39, 0.29) is 0 Å². The summed E-state index contributed by atoms with van der Waals surface area (Å²) in [6.45, 7) is 6.06. The largest absolute Gasteiger partial charge is 0.357 e. The molecule has 0 aliphatic carbocycles. The van der Waals surface area contributed by atoms with Crippen molar-refractivity contribution < 1.29 is 0 Å². The van der Waals surface area contributed by atoms with Crippen LogP contribution in [-0.4, -0.2) is 41.1 Å². The van der Waals surface area contributed by atoms with Crippen LogP contribution in [0, 0.1) is 13.8 Å². The van der Waals surface area contributed by atoms with Gasteiger partial charge in [0.25, 0.3) is 0 Å². The van der Waals surface area contributed by atoms with Crippen molar-refractivity contribution in [1.29, 1.82) is 0 Å². The van der Waals surface area contributed by atoms with Crippen LogP contribution in [0.3, 0.4) is 0 Å². The average molecular weight is 297 g/mol. The molecule has 0 spiro atoms. The summed E-state index contributed by atoms with van der Waals surface area (Å²) < 4.78 is 0. The minimum absolute atomic E-state index is 0.532. The lowest BCUT2D eigenvalue weighted by Gasteiger charge is -2.38. The van der Waals surface area contributed by atoms with E-state index in [1.165, 1.54) is 0 Å². The van der Waals surface area contributed by atoms with E-state index >= 15 is 0 Å². The van der Waals surface area contributed by atoms with E-state index in [9.17, 15) is 0 Å². The van der Waals surface area contributed by atoms with Crippen molar-refractivity contribution in [1.82, 2.24) is 15.0 Å². The maximum atomic E-state index is 4.66. The molecule has 3 rings (SSSR count). The molecule has 1 fully saturated rings. The van der Waals surface area contributed by atoms with Crippen LogP contribution in [0.25, 0.3) is 0 Å². The SMILES string of the molecule is Cc1cnc(C)c(N2CCC(N(C)c3ccccn3)CC2)n1. The van der Waals surface area contributed by atoms with Crippen LogP contribution in [0.5, 0.6) is 0 Å². The molecule has 116 valence electrons. The van der Waals surface area contributed by atoms with Gasteiger partial charge in [-0.15, -0.1) is 0 Å². The maximum Gasteiger partial charge on any atom is 0.150 e. The first-order chi connectivity index (χ1) is 10.6. The monoisotopic (exact) mass is 297 g/mol. The number of pyridine rings is 1. The van der Waals surface area contributed by atoms with Gasteiger partial charge in [0.1, 0.15) is 11.6 Å². The smallest absolute Gasteiger partial charge is 0.150 e. The molecule has 0 bridgehead atoms. The van der Waals surface area contributed by atoms with Gasteiger partial charge >= 0.3 is 0 Å². The first kappa shape index (κ1) is 14.8. The van der Waals surface area contributed by atoms with E-state index in [0.717, 1.165) is 49.0 Å². The number of hydrogen-bond acceptors (Lipinski definition) is 5. The van der Waals surface area contributed by atoms with Gasteiger partial charge in [-0.2, -0.15) is 0 Å². The molecule has 2 aromatic rings. The Morgan fingerprint density at radius 1 is 1.14 bits per heavy atom. The molecule has 1 aliphatic heterocycles. The summed E-state index contributed by atoms with van der Waals surface area (Å²) in [5.74, 6) is 2.09. The third-order valence-electron chi connectivity index (χ3n) is 4.37. The molecular weight excluding hydrogens is 274 g/mol. The van der Waals surface area contributed by atoms with Gasteiger partial charge in [-0.3, -0.25) is 4.98 Å². The van der Waals surface area contributed by atoms with Crippen LogP contribution in [0.1, 0.15) is 24.2 Å². The van der Waals surface area contributed by atoms with Gasteiger partial charge in [0, 0.05) is 38.6 Å². The molecule has 3 heterocycles. The molecule has 2 aromatic heterocycles. The van der Waals surface area contributed by atoms with Crippen LogP contribution in [0.4, 0.5) is 11.6 Å². The normalized spacial score (nSPS) is 15.9. The molecule has 0 amide bonds. The third kappa shape index (κ3) is 3.03. The topological polar surface area (TPSA) is 45.2 Å². The van der Waals surface area contributed by atoms with E-state index in [0.29, 0.717) is 6.04 Å². The van der Waals surface area contributed by atoms with E-state index in [4.69, 9.17) is 0 Å². The molecule has 22 heavy (non-hydrogen) atoms. The van der Waals surface area contributed by atoms with E-state index < -0.39 is 0 Å². The van der Waals surface area contributed by atoms with Crippen LogP contribution in [0.2, 0.25) is 0 Å². The van der Waals surface area contributed by atoms with Crippen molar-refractivity contribution in [2.75, 3.05) is 29.9 Å². The van der Waals surface area contributed by atoms with Gasteiger partial charge in [0.15, 0.2) is 0 Å². The number of nitrogens with zero attached hydrogens (tertiary/aromatic N) is 5. The number of piperidine rings is 1. The average Bonchev–Trinajstić information content (AvgIpc) is 2.57. The molecule has 0 unspecified atom stereocenters. The zero-order chi connectivity index (χ0) is 15.5. The van der Waals surface area contributed by atoms with Crippen LogP contribution < -0.4 is 9.80 Å². The van der Waals surface area contributed by atoms with E-state index in [1.54, 1.807) is 0 Å². The van der Waals surface area contributed by atoms with Crippen molar-refractivity contribution >= 4 is 11.6 Å². The lowest BCUT2D eigenvalue weighted by Crippen LogP contribution is -2.44. The Kier molecular flexibility index (Phi) is 4.22. The van der Waals surface area contributed by atoms with Gasteiger partial charge in [0.2, 0.25) is 0 Å². The minimum atomic E-state index is 0.532. The predicted molar refractivity (Wildman–Crippen MR) is 89.4 cm³/mol. The van der Waals surface area contributed by atoms with Crippen molar-refractivity contribution in [3.8, 4) is 0 Å². The molecule has 0 saturated carbocycles. The highest BCUT2D eigenvalue weighted by molar-refractivity contribution is 5.45. The lowest BCUT2D eigenvalue weighted by atomic mass is 10.0.